The first-order chi connectivity index (χ1) is 15.3. The van der Waals surface area contributed by atoms with Gasteiger partial charge < -0.3 is 0 Å². The first-order valence-corrected chi connectivity index (χ1v) is 10.8. The quantitative estimate of drug-likeness (QED) is 0.192. The van der Waals surface area contributed by atoms with Gasteiger partial charge in [0.15, 0.2) is 0 Å². The molecule has 0 aliphatic heterocycles. The molecule has 0 spiro atoms. The zero-order chi connectivity index (χ0) is 20.8. The smallest absolute Gasteiger partial charge is 0.0887 e. The zero-order valence-electron chi connectivity index (χ0n) is 16.4. The highest BCUT2D eigenvalue weighted by Gasteiger charge is 2.11. The molecule has 0 amide bonds. The van der Waals surface area contributed by atoms with Gasteiger partial charge in [-0.15, -0.1) is 0 Å². The van der Waals surface area contributed by atoms with E-state index in [2.05, 4.69) is 86.3 Å². The lowest BCUT2D eigenvalue weighted by atomic mass is 9.92. The molecular weight excluding hydrogens is 444 g/mol. The molecule has 0 atom stereocenters. The Hall–Kier alpha value is -3.74. The fraction of sp³-hybridized carbons (Fsp3) is 0. The van der Waals surface area contributed by atoms with Crippen molar-refractivity contribution >= 4 is 48.2 Å². The molecule has 0 saturated carbocycles. The molecule has 4 aromatic carbocycles. The standard InChI is InChI=1S/C28H15BrN2/c29-24-14-11-21-9-12-22-19(7-8-20-10-13-23(24)28(21)27(20)22)6-4-18-5-15-26(31-17-18)25-3-1-2-16-30-25/h1-3,5,7-17H. The Morgan fingerprint density at radius 2 is 1.35 bits per heavy atom. The summed E-state index contributed by atoms with van der Waals surface area (Å²) in [5.74, 6) is 6.65. The Bertz CT molecular complexity index is 1630. The lowest BCUT2D eigenvalue weighted by Gasteiger charge is -2.12. The van der Waals surface area contributed by atoms with Gasteiger partial charge in [-0.2, -0.15) is 0 Å². The van der Waals surface area contributed by atoms with E-state index in [4.69, 9.17) is 0 Å². The molecule has 2 aromatic heterocycles. The second-order valence-corrected chi connectivity index (χ2v) is 8.33. The summed E-state index contributed by atoms with van der Waals surface area (Å²) >= 11 is 3.70. The predicted octanol–water partition coefficient (Wildman–Crippen LogP) is 7.20. The molecule has 0 bridgehead atoms. The Labute approximate surface area is 188 Å². The number of benzene rings is 4. The third-order valence-electron chi connectivity index (χ3n) is 5.64. The molecule has 3 heteroatoms. The normalized spacial score (nSPS) is 11.1. The van der Waals surface area contributed by atoms with Crippen molar-refractivity contribution in [1.82, 2.24) is 9.97 Å². The summed E-state index contributed by atoms with van der Waals surface area (Å²) in [5.41, 5.74) is 3.61. The maximum absolute atomic E-state index is 4.53. The molecule has 2 heterocycles. The van der Waals surface area contributed by atoms with Crippen molar-refractivity contribution in [3.63, 3.8) is 0 Å². The van der Waals surface area contributed by atoms with Crippen LogP contribution in [0.1, 0.15) is 11.1 Å². The number of hydrogen-bond acceptors (Lipinski definition) is 2. The molecule has 144 valence electrons. The number of aromatic nitrogens is 2. The maximum Gasteiger partial charge on any atom is 0.0887 e. The van der Waals surface area contributed by atoms with Crippen LogP contribution in [0.3, 0.4) is 0 Å². The van der Waals surface area contributed by atoms with E-state index in [-0.39, 0.29) is 0 Å². The summed E-state index contributed by atoms with van der Waals surface area (Å²) in [6.07, 6.45) is 3.58. The second kappa shape index (κ2) is 7.19. The van der Waals surface area contributed by atoms with Gasteiger partial charge in [0.05, 0.1) is 11.4 Å². The summed E-state index contributed by atoms with van der Waals surface area (Å²) in [6.45, 7) is 0. The van der Waals surface area contributed by atoms with E-state index in [1.54, 1.807) is 6.20 Å². The molecule has 0 radical (unpaired) electrons. The van der Waals surface area contributed by atoms with Crippen LogP contribution in [-0.4, -0.2) is 9.97 Å². The molecule has 31 heavy (non-hydrogen) atoms. The van der Waals surface area contributed by atoms with Crippen LogP contribution in [-0.2, 0) is 0 Å². The van der Waals surface area contributed by atoms with E-state index in [9.17, 15) is 0 Å². The van der Waals surface area contributed by atoms with Gasteiger partial charge in [0.2, 0.25) is 0 Å². The molecule has 0 fully saturated rings. The van der Waals surface area contributed by atoms with Crippen LogP contribution >= 0.6 is 15.9 Å². The maximum atomic E-state index is 4.53. The van der Waals surface area contributed by atoms with Gasteiger partial charge in [0.25, 0.3) is 0 Å². The minimum absolute atomic E-state index is 0.847. The van der Waals surface area contributed by atoms with Crippen LogP contribution in [0.5, 0.6) is 0 Å². The Balaban J connectivity index is 1.46. The van der Waals surface area contributed by atoms with E-state index in [0.717, 1.165) is 27.0 Å². The van der Waals surface area contributed by atoms with E-state index in [1.807, 2.05) is 36.5 Å². The van der Waals surface area contributed by atoms with Crippen molar-refractivity contribution in [2.24, 2.45) is 0 Å². The number of rotatable bonds is 1. The fourth-order valence-electron chi connectivity index (χ4n) is 4.15. The lowest BCUT2D eigenvalue weighted by Crippen LogP contribution is -1.88. The molecule has 0 N–H and O–H groups in total. The van der Waals surface area contributed by atoms with Gasteiger partial charge in [-0.05, 0) is 68.7 Å². The molecule has 0 unspecified atom stereocenters. The highest BCUT2D eigenvalue weighted by atomic mass is 79.9. The number of pyridine rings is 2. The van der Waals surface area contributed by atoms with Crippen LogP contribution in [0.4, 0.5) is 0 Å². The third kappa shape index (κ3) is 3.04. The number of halogens is 1. The van der Waals surface area contributed by atoms with Crippen LogP contribution < -0.4 is 0 Å². The van der Waals surface area contributed by atoms with Crippen molar-refractivity contribution in [3.05, 3.63) is 107 Å². The van der Waals surface area contributed by atoms with Crippen molar-refractivity contribution in [2.45, 2.75) is 0 Å². The highest BCUT2D eigenvalue weighted by molar-refractivity contribution is 9.10. The minimum Gasteiger partial charge on any atom is -0.255 e. The summed E-state index contributed by atoms with van der Waals surface area (Å²) in [7, 11) is 0. The third-order valence-corrected chi connectivity index (χ3v) is 6.34. The first-order valence-electron chi connectivity index (χ1n) is 10.0. The van der Waals surface area contributed by atoms with Gasteiger partial charge in [-0.25, -0.2) is 0 Å². The van der Waals surface area contributed by atoms with Gasteiger partial charge in [0.1, 0.15) is 0 Å². The summed E-state index contributed by atoms with van der Waals surface area (Å²) in [5, 5.41) is 7.45. The van der Waals surface area contributed by atoms with Gasteiger partial charge in [0, 0.05) is 28.0 Å². The molecular formula is C28H15BrN2. The molecule has 6 rings (SSSR count). The monoisotopic (exact) mass is 458 g/mol. The average molecular weight is 459 g/mol. The molecule has 0 aliphatic rings. The zero-order valence-corrected chi connectivity index (χ0v) is 18.0. The van der Waals surface area contributed by atoms with Crippen molar-refractivity contribution in [1.29, 1.82) is 0 Å². The Morgan fingerprint density at radius 1 is 0.613 bits per heavy atom. The van der Waals surface area contributed by atoms with Crippen LogP contribution in [0.25, 0.3) is 43.7 Å². The SMILES string of the molecule is Brc1ccc2ccc3c(C#Cc4ccc(-c5ccccn5)nc4)ccc4ccc1c2c43. The van der Waals surface area contributed by atoms with Crippen molar-refractivity contribution in [3.8, 4) is 23.2 Å². The topological polar surface area (TPSA) is 25.8 Å². The average Bonchev–Trinajstić information content (AvgIpc) is 2.83. The van der Waals surface area contributed by atoms with Crippen molar-refractivity contribution < 1.29 is 0 Å². The van der Waals surface area contributed by atoms with Gasteiger partial charge >= 0.3 is 0 Å². The van der Waals surface area contributed by atoms with E-state index in [0.29, 0.717) is 0 Å². The van der Waals surface area contributed by atoms with E-state index < -0.39 is 0 Å². The summed E-state index contributed by atoms with van der Waals surface area (Å²) in [6, 6.07) is 27.1. The second-order valence-electron chi connectivity index (χ2n) is 7.48. The summed E-state index contributed by atoms with van der Waals surface area (Å²) < 4.78 is 1.12. The van der Waals surface area contributed by atoms with E-state index in [1.165, 1.54) is 32.3 Å². The summed E-state index contributed by atoms with van der Waals surface area (Å²) in [4.78, 5) is 8.88. The van der Waals surface area contributed by atoms with E-state index >= 15 is 0 Å². The predicted molar refractivity (Wildman–Crippen MR) is 131 cm³/mol. The molecule has 0 saturated heterocycles. The fourth-order valence-corrected chi connectivity index (χ4v) is 4.61. The first kappa shape index (κ1) is 18.1. The Kier molecular flexibility index (Phi) is 4.19. The van der Waals surface area contributed by atoms with Crippen LogP contribution in [0.15, 0.2) is 95.7 Å². The number of hydrogen-bond donors (Lipinski definition) is 0. The minimum atomic E-state index is 0.847. The van der Waals surface area contributed by atoms with Gasteiger partial charge in [-0.1, -0.05) is 70.2 Å². The van der Waals surface area contributed by atoms with Crippen LogP contribution in [0.2, 0.25) is 0 Å². The molecule has 0 aliphatic carbocycles. The lowest BCUT2D eigenvalue weighted by molar-refractivity contribution is 1.24. The molecule has 2 nitrogen and oxygen atoms in total. The van der Waals surface area contributed by atoms with Gasteiger partial charge in [-0.3, -0.25) is 9.97 Å². The van der Waals surface area contributed by atoms with Crippen LogP contribution in [0, 0.1) is 11.8 Å². The Morgan fingerprint density at radius 3 is 2.13 bits per heavy atom. The highest BCUT2D eigenvalue weighted by Crippen LogP contribution is 2.38. The van der Waals surface area contributed by atoms with Crippen molar-refractivity contribution in [2.75, 3.05) is 0 Å². The molecule has 6 aromatic rings. The largest absolute Gasteiger partial charge is 0.255 e. The number of nitrogens with zero attached hydrogens (tertiary/aromatic N) is 2.